The molecule has 1 N–H and O–H groups in total. The van der Waals surface area contributed by atoms with Crippen LogP contribution < -0.4 is 10.9 Å². The second-order valence-corrected chi connectivity index (χ2v) is 6.70. The summed E-state index contributed by atoms with van der Waals surface area (Å²) in [7, 11) is 0. The predicted molar refractivity (Wildman–Crippen MR) is 103 cm³/mol. The molecule has 0 saturated carbocycles. The summed E-state index contributed by atoms with van der Waals surface area (Å²) in [5, 5.41) is 5.66. The van der Waals surface area contributed by atoms with Gasteiger partial charge >= 0.3 is 5.63 Å². The summed E-state index contributed by atoms with van der Waals surface area (Å²) in [6.45, 7) is 2.02. The third-order valence-corrected chi connectivity index (χ3v) is 4.72. The number of thiazole rings is 1. The van der Waals surface area contributed by atoms with E-state index in [0.717, 1.165) is 11.3 Å². The maximum Gasteiger partial charge on any atom is 0.349 e. The van der Waals surface area contributed by atoms with E-state index < -0.39 is 11.5 Å². The number of nitrogens with zero attached hydrogens (tertiary/aromatic N) is 1. The zero-order valence-electron chi connectivity index (χ0n) is 13.9. The molecule has 0 aliphatic rings. The van der Waals surface area contributed by atoms with Crippen molar-refractivity contribution < 1.29 is 9.21 Å². The largest absolute Gasteiger partial charge is 0.422 e. The number of carbonyl (C=O) groups excluding carboxylic acids is 1. The van der Waals surface area contributed by atoms with Crippen LogP contribution in [0.2, 0.25) is 0 Å². The Labute approximate surface area is 152 Å². The highest BCUT2D eigenvalue weighted by atomic mass is 32.1. The van der Waals surface area contributed by atoms with Crippen LogP contribution in [0.5, 0.6) is 0 Å². The number of nitrogens with one attached hydrogen (secondary N) is 1. The third kappa shape index (κ3) is 3.14. The molecule has 0 radical (unpaired) electrons. The van der Waals surface area contributed by atoms with Gasteiger partial charge in [0.25, 0.3) is 5.91 Å². The first-order valence-electron chi connectivity index (χ1n) is 7.97. The molecule has 1 amide bonds. The first-order valence-corrected chi connectivity index (χ1v) is 8.85. The molecule has 128 valence electrons. The van der Waals surface area contributed by atoms with E-state index in [1.165, 1.54) is 23.0 Å². The number of benzene rings is 2. The summed E-state index contributed by atoms with van der Waals surface area (Å²) in [6.07, 6.45) is 0. The fraction of sp³-hybridized carbons (Fsp3) is 0.0500. The number of anilines is 1. The molecule has 0 unspecified atom stereocenters. The van der Waals surface area contributed by atoms with E-state index in [4.69, 9.17) is 4.42 Å². The number of amides is 1. The summed E-state index contributed by atoms with van der Waals surface area (Å²) in [6, 6.07) is 16.6. The van der Waals surface area contributed by atoms with Gasteiger partial charge in [0.2, 0.25) is 0 Å². The average Bonchev–Trinajstić information content (AvgIpc) is 3.10. The minimum Gasteiger partial charge on any atom is -0.422 e. The van der Waals surface area contributed by atoms with Crippen molar-refractivity contribution in [1.29, 1.82) is 0 Å². The lowest BCUT2D eigenvalue weighted by atomic mass is 10.1. The van der Waals surface area contributed by atoms with Gasteiger partial charge in [-0.1, -0.05) is 48.0 Å². The summed E-state index contributed by atoms with van der Waals surface area (Å²) in [5.74, 6) is -0.533. The van der Waals surface area contributed by atoms with Gasteiger partial charge in [-0.15, -0.1) is 11.3 Å². The fourth-order valence-electron chi connectivity index (χ4n) is 2.57. The summed E-state index contributed by atoms with van der Waals surface area (Å²) in [5.41, 5.74) is 2.64. The van der Waals surface area contributed by atoms with Crippen LogP contribution in [0, 0.1) is 6.92 Å². The zero-order chi connectivity index (χ0) is 18.1. The Balaban J connectivity index is 1.60. The molecule has 6 heteroatoms. The molecule has 0 fully saturated rings. The first kappa shape index (κ1) is 16.2. The van der Waals surface area contributed by atoms with Crippen LogP contribution in [-0.2, 0) is 0 Å². The van der Waals surface area contributed by atoms with E-state index in [2.05, 4.69) is 10.3 Å². The SMILES string of the molecule is Cc1ccc(-c2csc(NC(=O)c3cc4ccccc4oc3=O)n2)cc1. The van der Waals surface area contributed by atoms with E-state index >= 15 is 0 Å². The lowest BCUT2D eigenvalue weighted by Crippen LogP contribution is -2.20. The maximum atomic E-state index is 12.5. The van der Waals surface area contributed by atoms with Gasteiger partial charge in [0, 0.05) is 16.3 Å². The normalized spacial score (nSPS) is 10.8. The highest BCUT2D eigenvalue weighted by molar-refractivity contribution is 7.14. The number of hydrogen-bond acceptors (Lipinski definition) is 5. The third-order valence-electron chi connectivity index (χ3n) is 3.96. The van der Waals surface area contributed by atoms with Crippen molar-refractivity contribution in [2.24, 2.45) is 0 Å². The summed E-state index contributed by atoms with van der Waals surface area (Å²) < 4.78 is 5.20. The Hall–Kier alpha value is -3.25. The van der Waals surface area contributed by atoms with Gasteiger partial charge in [0.05, 0.1) is 5.69 Å². The quantitative estimate of drug-likeness (QED) is 0.546. The number of rotatable bonds is 3. The standard InChI is InChI=1S/C20H14N2O3S/c1-12-6-8-13(9-7-12)16-11-26-20(21-16)22-18(23)15-10-14-4-2-3-5-17(14)25-19(15)24/h2-11H,1H3,(H,21,22,23). The van der Waals surface area contributed by atoms with Gasteiger partial charge in [-0.05, 0) is 19.1 Å². The fourth-order valence-corrected chi connectivity index (χ4v) is 3.29. The van der Waals surface area contributed by atoms with Crippen LogP contribution in [-0.4, -0.2) is 10.9 Å². The number of aromatic nitrogens is 1. The number of carbonyl (C=O) groups is 1. The van der Waals surface area contributed by atoms with Gasteiger partial charge in [0.1, 0.15) is 11.1 Å². The minimum atomic E-state index is -0.670. The van der Waals surface area contributed by atoms with Crippen molar-refractivity contribution in [3.05, 3.63) is 81.5 Å². The van der Waals surface area contributed by atoms with E-state index in [0.29, 0.717) is 16.1 Å². The van der Waals surface area contributed by atoms with E-state index in [1.54, 1.807) is 18.2 Å². The predicted octanol–water partition coefficient (Wildman–Crippen LogP) is 4.48. The lowest BCUT2D eigenvalue weighted by Gasteiger charge is -2.02. The molecular weight excluding hydrogens is 348 g/mol. The van der Waals surface area contributed by atoms with Crippen molar-refractivity contribution >= 4 is 33.3 Å². The van der Waals surface area contributed by atoms with Crippen molar-refractivity contribution in [1.82, 2.24) is 4.98 Å². The molecule has 0 spiro atoms. The van der Waals surface area contributed by atoms with Gasteiger partial charge in [-0.25, -0.2) is 9.78 Å². The lowest BCUT2D eigenvalue weighted by molar-refractivity contribution is 0.102. The Morgan fingerprint density at radius 2 is 1.88 bits per heavy atom. The zero-order valence-corrected chi connectivity index (χ0v) is 14.7. The maximum absolute atomic E-state index is 12.5. The second kappa shape index (κ2) is 6.57. The Bertz CT molecular complexity index is 1160. The van der Waals surface area contributed by atoms with Crippen molar-refractivity contribution in [2.75, 3.05) is 5.32 Å². The smallest absolute Gasteiger partial charge is 0.349 e. The molecule has 2 aromatic carbocycles. The molecule has 0 aliphatic heterocycles. The van der Waals surface area contributed by atoms with E-state index in [9.17, 15) is 9.59 Å². The van der Waals surface area contributed by atoms with Crippen molar-refractivity contribution in [3.63, 3.8) is 0 Å². The first-order chi connectivity index (χ1) is 12.6. The highest BCUT2D eigenvalue weighted by Gasteiger charge is 2.15. The van der Waals surface area contributed by atoms with E-state index in [1.807, 2.05) is 42.6 Å². The number of para-hydroxylation sites is 1. The van der Waals surface area contributed by atoms with Crippen LogP contribution in [0.3, 0.4) is 0 Å². The monoisotopic (exact) mass is 362 g/mol. The van der Waals surface area contributed by atoms with Crippen molar-refractivity contribution in [2.45, 2.75) is 6.92 Å². The molecule has 2 aromatic heterocycles. The topological polar surface area (TPSA) is 72.2 Å². The Kier molecular flexibility index (Phi) is 4.10. The highest BCUT2D eigenvalue weighted by Crippen LogP contribution is 2.25. The average molecular weight is 362 g/mol. The Morgan fingerprint density at radius 3 is 2.69 bits per heavy atom. The summed E-state index contributed by atoms with van der Waals surface area (Å²) in [4.78, 5) is 29.0. The van der Waals surface area contributed by atoms with Gasteiger partial charge in [-0.2, -0.15) is 0 Å². The van der Waals surface area contributed by atoms with Crippen LogP contribution in [0.4, 0.5) is 5.13 Å². The summed E-state index contributed by atoms with van der Waals surface area (Å²) >= 11 is 1.31. The minimum absolute atomic E-state index is 0.0456. The van der Waals surface area contributed by atoms with Gasteiger partial charge in [-0.3, -0.25) is 10.1 Å². The number of hydrogen-bond donors (Lipinski definition) is 1. The second-order valence-electron chi connectivity index (χ2n) is 5.84. The number of aryl methyl sites for hydroxylation is 1. The van der Waals surface area contributed by atoms with Crippen LogP contribution in [0.15, 0.2) is 69.2 Å². The molecule has 0 atom stereocenters. The van der Waals surface area contributed by atoms with Gasteiger partial charge < -0.3 is 4.42 Å². The van der Waals surface area contributed by atoms with Crippen LogP contribution >= 0.6 is 11.3 Å². The molecule has 2 heterocycles. The molecule has 26 heavy (non-hydrogen) atoms. The van der Waals surface area contributed by atoms with Crippen LogP contribution in [0.1, 0.15) is 15.9 Å². The van der Waals surface area contributed by atoms with E-state index in [-0.39, 0.29) is 5.56 Å². The molecule has 0 bridgehead atoms. The van der Waals surface area contributed by atoms with Crippen LogP contribution in [0.25, 0.3) is 22.2 Å². The molecular formula is C20H14N2O3S. The molecule has 4 rings (SSSR count). The van der Waals surface area contributed by atoms with Gasteiger partial charge in [0.15, 0.2) is 5.13 Å². The number of fused-ring (bicyclic) bond motifs is 1. The van der Waals surface area contributed by atoms with Crippen molar-refractivity contribution in [3.8, 4) is 11.3 Å². The molecule has 0 aliphatic carbocycles. The molecule has 4 aromatic rings. The Morgan fingerprint density at radius 1 is 1.12 bits per heavy atom. The molecule has 0 saturated heterocycles. The molecule has 5 nitrogen and oxygen atoms in total.